The van der Waals surface area contributed by atoms with Crippen LogP contribution in [0.1, 0.15) is 27.6 Å². The second kappa shape index (κ2) is 11.6. The van der Waals surface area contributed by atoms with Crippen LogP contribution in [0.2, 0.25) is 0 Å². The van der Waals surface area contributed by atoms with E-state index in [4.69, 9.17) is 4.74 Å². The van der Waals surface area contributed by atoms with Crippen LogP contribution in [0.3, 0.4) is 0 Å². The third kappa shape index (κ3) is 6.91. The number of nitro groups is 1. The smallest absolute Gasteiger partial charge is 0.338 e. The molecule has 0 fully saturated rings. The summed E-state index contributed by atoms with van der Waals surface area (Å²) in [5.74, 6) is -0.829. The number of rotatable bonds is 9. The first kappa shape index (κ1) is 24.5. The molecule has 0 atom stereocenters. The van der Waals surface area contributed by atoms with Gasteiger partial charge in [0.1, 0.15) is 0 Å². The van der Waals surface area contributed by atoms with E-state index in [2.05, 4.69) is 10.6 Å². The van der Waals surface area contributed by atoms with Crippen LogP contribution in [0.15, 0.2) is 77.7 Å². The number of thioether (sulfide) groups is 1. The van der Waals surface area contributed by atoms with E-state index in [1.165, 1.54) is 36.0 Å². The summed E-state index contributed by atoms with van der Waals surface area (Å²) < 4.78 is 4.93. The summed E-state index contributed by atoms with van der Waals surface area (Å²) in [7, 11) is 0. The molecule has 2 N–H and O–H groups in total. The van der Waals surface area contributed by atoms with E-state index < -0.39 is 10.9 Å². The van der Waals surface area contributed by atoms with Crippen molar-refractivity contribution in [3.05, 3.63) is 94.0 Å². The monoisotopic (exact) mass is 479 g/mol. The molecule has 10 heteroatoms. The molecular formula is C24H21N3O6S. The molecular weight excluding hydrogens is 458 g/mol. The molecule has 9 nitrogen and oxygen atoms in total. The number of amides is 2. The molecule has 0 aliphatic carbocycles. The molecule has 0 aliphatic heterocycles. The maximum atomic E-state index is 12.3. The van der Waals surface area contributed by atoms with E-state index in [9.17, 15) is 24.5 Å². The Labute approximate surface area is 199 Å². The highest BCUT2D eigenvalue weighted by Crippen LogP contribution is 2.22. The molecule has 0 aromatic heterocycles. The summed E-state index contributed by atoms with van der Waals surface area (Å²) in [5.41, 5.74) is 1.75. The Morgan fingerprint density at radius 1 is 0.853 bits per heavy atom. The highest BCUT2D eigenvalue weighted by atomic mass is 32.2. The van der Waals surface area contributed by atoms with E-state index in [0.717, 1.165) is 4.90 Å². The van der Waals surface area contributed by atoms with Crippen molar-refractivity contribution in [2.45, 2.75) is 11.8 Å². The van der Waals surface area contributed by atoms with Gasteiger partial charge in [-0.2, -0.15) is 0 Å². The lowest BCUT2D eigenvalue weighted by molar-refractivity contribution is -0.384. The standard InChI is InChI=1S/C24H21N3O6S/c1-2-33-24(30)17-3-7-18(8-4-17)25-22(28)15-34-21-13-9-19(10-14-21)26-23(29)16-5-11-20(12-6-16)27(31)32/h3-14H,2,15H2,1H3,(H,25,28)(H,26,29). The van der Waals surface area contributed by atoms with E-state index in [0.29, 0.717) is 29.1 Å². The maximum absolute atomic E-state index is 12.3. The lowest BCUT2D eigenvalue weighted by atomic mass is 10.2. The normalized spacial score (nSPS) is 10.3. The van der Waals surface area contributed by atoms with Gasteiger partial charge in [-0.05, 0) is 67.6 Å². The highest BCUT2D eigenvalue weighted by Gasteiger charge is 2.11. The third-order valence-electron chi connectivity index (χ3n) is 4.50. The SMILES string of the molecule is CCOC(=O)c1ccc(NC(=O)CSc2ccc(NC(=O)c3ccc([N+](=O)[O-])cc3)cc2)cc1. The zero-order chi connectivity index (χ0) is 24.5. The van der Waals surface area contributed by atoms with Gasteiger partial charge >= 0.3 is 5.97 Å². The van der Waals surface area contributed by atoms with Crippen molar-refractivity contribution in [1.29, 1.82) is 0 Å². The van der Waals surface area contributed by atoms with Crippen molar-refractivity contribution in [3.63, 3.8) is 0 Å². The second-order valence-corrected chi connectivity index (χ2v) is 7.97. The first-order valence-electron chi connectivity index (χ1n) is 10.2. The van der Waals surface area contributed by atoms with Gasteiger partial charge in [0.15, 0.2) is 0 Å². The molecule has 0 saturated carbocycles. The third-order valence-corrected chi connectivity index (χ3v) is 5.51. The fraction of sp³-hybridized carbons (Fsp3) is 0.125. The van der Waals surface area contributed by atoms with Crippen LogP contribution in [0.4, 0.5) is 17.1 Å². The van der Waals surface area contributed by atoms with Crippen LogP contribution >= 0.6 is 11.8 Å². The minimum atomic E-state index is -0.528. The number of non-ortho nitro benzene ring substituents is 1. The largest absolute Gasteiger partial charge is 0.462 e. The predicted molar refractivity (Wildman–Crippen MR) is 129 cm³/mol. The zero-order valence-electron chi connectivity index (χ0n) is 18.1. The average molecular weight is 480 g/mol. The van der Waals surface area contributed by atoms with Crippen molar-refractivity contribution >= 4 is 46.6 Å². The number of benzene rings is 3. The summed E-state index contributed by atoms with van der Waals surface area (Å²) >= 11 is 1.33. The number of anilines is 2. The van der Waals surface area contributed by atoms with Crippen LogP contribution in [-0.4, -0.2) is 35.1 Å². The Bertz CT molecular complexity index is 1180. The summed E-state index contributed by atoms with van der Waals surface area (Å²) in [6.07, 6.45) is 0. The van der Waals surface area contributed by atoms with Crippen molar-refractivity contribution < 1.29 is 24.0 Å². The Kier molecular flexibility index (Phi) is 8.36. The quantitative estimate of drug-likeness (QED) is 0.196. The number of esters is 1. The van der Waals surface area contributed by atoms with Crippen LogP contribution in [0.5, 0.6) is 0 Å². The van der Waals surface area contributed by atoms with E-state index in [-0.39, 0.29) is 23.3 Å². The molecule has 3 aromatic carbocycles. The van der Waals surface area contributed by atoms with Gasteiger partial charge in [-0.15, -0.1) is 11.8 Å². The molecule has 0 aliphatic rings. The number of nitrogens with one attached hydrogen (secondary N) is 2. The van der Waals surface area contributed by atoms with Crippen molar-refractivity contribution in [2.75, 3.05) is 23.0 Å². The molecule has 0 spiro atoms. The van der Waals surface area contributed by atoms with Crippen molar-refractivity contribution in [1.82, 2.24) is 0 Å². The number of nitrogens with zero attached hydrogens (tertiary/aromatic N) is 1. The van der Waals surface area contributed by atoms with Gasteiger partial charge in [0.25, 0.3) is 11.6 Å². The minimum Gasteiger partial charge on any atom is -0.462 e. The molecule has 0 bridgehead atoms. The molecule has 0 radical (unpaired) electrons. The Morgan fingerprint density at radius 2 is 1.41 bits per heavy atom. The Morgan fingerprint density at radius 3 is 2.00 bits per heavy atom. The van der Waals surface area contributed by atoms with E-state index >= 15 is 0 Å². The number of hydrogen-bond acceptors (Lipinski definition) is 7. The molecule has 0 unspecified atom stereocenters. The Balaban J connectivity index is 1.47. The first-order chi connectivity index (χ1) is 16.4. The van der Waals surface area contributed by atoms with Crippen LogP contribution in [0.25, 0.3) is 0 Å². The number of ether oxygens (including phenoxy) is 1. The second-order valence-electron chi connectivity index (χ2n) is 6.92. The van der Waals surface area contributed by atoms with Gasteiger partial charge < -0.3 is 15.4 Å². The van der Waals surface area contributed by atoms with E-state index in [1.807, 2.05) is 0 Å². The first-order valence-corrected chi connectivity index (χ1v) is 11.2. The lowest BCUT2D eigenvalue weighted by Gasteiger charge is -2.08. The van der Waals surface area contributed by atoms with Crippen LogP contribution in [-0.2, 0) is 9.53 Å². The molecule has 2 amide bonds. The molecule has 0 saturated heterocycles. The van der Waals surface area contributed by atoms with Gasteiger partial charge in [0.2, 0.25) is 5.91 Å². The zero-order valence-corrected chi connectivity index (χ0v) is 19.0. The number of carbonyl (C=O) groups is 3. The molecule has 174 valence electrons. The molecule has 3 rings (SSSR count). The fourth-order valence-corrected chi connectivity index (χ4v) is 3.52. The Hall–Kier alpha value is -4.18. The molecule has 34 heavy (non-hydrogen) atoms. The number of nitro benzene ring substituents is 1. The van der Waals surface area contributed by atoms with Gasteiger partial charge in [0, 0.05) is 34.0 Å². The van der Waals surface area contributed by atoms with Gasteiger partial charge in [-0.3, -0.25) is 19.7 Å². The lowest BCUT2D eigenvalue weighted by Crippen LogP contribution is -2.14. The van der Waals surface area contributed by atoms with Gasteiger partial charge in [0.05, 0.1) is 22.8 Å². The van der Waals surface area contributed by atoms with Crippen LogP contribution in [0, 0.1) is 10.1 Å². The highest BCUT2D eigenvalue weighted by molar-refractivity contribution is 8.00. The van der Waals surface area contributed by atoms with Gasteiger partial charge in [-0.1, -0.05) is 0 Å². The number of hydrogen-bond donors (Lipinski definition) is 2. The van der Waals surface area contributed by atoms with Crippen molar-refractivity contribution in [2.24, 2.45) is 0 Å². The fourth-order valence-electron chi connectivity index (χ4n) is 2.82. The predicted octanol–water partition coefficient (Wildman–Crippen LogP) is 4.75. The summed E-state index contributed by atoms with van der Waals surface area (Å²) in [6, 6.07) is 18.7. The summed E-state index contributed by atoms with van der Waals surface area (Å²) in [6.45, 7) is 2.03. The molecule has 3 aromatic rings. The number of carbonyl (C=O) groups excluding carboxylic acids is 3. The minimum absolute atomic E-state index is 0.0874. The van der Waals surface area contributed by atoms with E-state index in [1.54, 1.807) is 55.5 Å². The van der Waals surface area contributed by atoms with Gasteiger partial charge in [-0.25, -0.2) is 4.79 Å². The maximum Gasteiger partial charge on any atom is 0.338 e. The van der Waals surface area contributed by atoms with Crippen molar-refractivity contribution in [3.8, 4) is 0 Å². The average Bonchev–Trinajstić information content (AvgIpc) is 2.84. The summed E-state index contributed by atoms with van der Waals surface area (Å²) in [4.78, 5) is 47.2. The topological polar surface area (TPSA) is 128 Å². The van der Waals surface area contributed by atoms with Crippen LogP contribution < -0.4 is 10.6 Å². The molecule has 0 heterocycles. The summed E-state index contributed by atoms with van der Waals surface area (Å²) in [5, 5.41) is 16.2.